The monoisotopic (exact) mass is 190 g/mol. The maximum atomic E-state index is 5.50. The first kappa shape index (κ1) is 12.1. The van der Waals surface area contributed by atoms with Crippen LogP contribution in [0.5, 0.6) is 0 Å². The molecule has 0 aromatic heterocycles. The Morgan fingerprint density at radius 3 is 1.75 bits per heavy atom. The van der Waals surface area contributed by atoms with Crippen LogP contribution < -0.4 is 0 Å². The number of hydrogen-bond acceptors (Lipinski definition) is 2. The predicted octanol–water partition coefficient (Wildman–Crippen LogP) is 1.73. The Bertz CT molecular complexity index is 104. The average molecular weight is 190 g/mol. The smallest absolute Gasteiger partial charge is 0.135 e. The van der Waals surface area contributed by atoms with Gasteiger partial charge < -0.3 is 9.47 Å². The molecular formula is C9H22O2Si. The minimum absolute atomic E-state index is 0.111. The zero-order valence-corrected chi connectivity index (χ0v) is 10.4. The first-order chi connectivity index (χ1) is 5.49. The van der Waals surface area contributed by atoms with Crippen molar-refractivity contribution in [3.63, 3.8) is 0 Å². The van der Waals surface area contributed by atoms with Gasteiger partial charge >= 0.3 is 0 Å². The average Bonchev–Trinajstić information content (AvgIpc) is 1.84. The van der Waals surface area contributed by atoms with E-state index in [0.717, 1.165) is 13.2 Å². The van der Waals surface area contributed by atoms with Crippen LogP contribution in [0, 0.1) is 0 Å². The maximum absolute atomic E-state index is 5.50. The van der Waals surface area contributed by atoms with Crippen molar-refractivity contribution in [2.75, 3.05) is 13.2 Å². The molecule has 0 radical (unpaired) electrons. The van der Waals surface area contributed by atoms with E-state index in [1.807, 2.05) is 13.8 Å². The summed E-state index contributed by atoms with van der Waals surface area (Å²) in [5.74, 6) is 0.111. The van der Waals surface area contributed by atoms with Gasteiger partial charge in [-0.15, -0.1) is 0 Å². The van der Waals surface area contributed by atoms with Gasteiger partial charge in [-0.25, -0.2) is 0 Å². The molecule has 74 valence electrons. The van der Waals surface area contributed by atoms with E-state index >= 15 is 0 Å². The van der Waals surface area contributed by atoms with Crippen molar-refractivity contribution < 1.29 is 9.47 Å². The third-order valence-corrected chi connectivity index (χ3v) is 3.51. The van der Waals surface area contributed by atoms with Gasteiger partial charge in [-0.1, -0.05) is 20.8 Å². The Balaban J connectivity index is 3.77. The lowest BCUT2D eigenvalue weighted by molar-refractivity contribution is -0.0840. The summed E-state index contributed by atoms with van der Waals surface area (Å²) in [4.78, 5) is 0. The molecule has 0 aromatic rings. The molecule has 0 heterocycles. The van der Waals surface area contributed by atoms with Gasteiger partial charge in [0.15, 0.2) is 0 Å². The molecule has 0 spiro atoms. The summed E-state index contributed by atoms with van der Waals surface area (Å²) in [7, 11) is -0.303. The number of ether oxygens (including phenoxy) is 2. The Morgan fingerprint density at radius 1 is 1.08 bits per heavy atom. The highest BCUT2D eigenvalue weighted by atomic mass is 28.2. The summed E-state index contributed by atoms with van der Waals surface area (Å²) in [6.45, 7) is 12.3. The van der Waals surface area contributed by atoms with Crippen molar-refractivity contribution in [1.82, 2.24) is 0 Å². The van der Waals surface area contributed by atoms with Crippen molar-refractivity contribution in [2.45, 2.75) is 45.6 Å². The van der Waals surface area contributed by atoms with E-state index in [4.69, 9.17) is 9.47 Å². The molecule has 0 amide bonds. The first-order valence-electron chi connectivity index (χ1n) is 4.72. The van der Waals surface area contributed by atoms with Gasteiger partial charge in [-0.2, -0.15) is 0 Å². The number of rotatable bonds is 5. The van der Waals surface area contributed by atoms with Gasteiger partial charge in [0.2, 0.25) is 0 Å². The van der Waals surface area contributed by atoms with Crippen LogP contribution in [0.4, 0.5) is 0 Å². The van der Waals surface area contributed by atoms with E-state index in [9.17, 15) is 0 Å². The fourth-order valence-electron chi connectivity index (χ4n) is 1.04. The largest absolute Gasteiger partial charge is 0.357 e. The standard InChI is InChI=1S/C9H22O2Si/c1-6-10-8(11-7-2)12-9(3,4)5/h8H,6-7,12H2,1-5H3. The van der Waals surface area contributed by atoms with Gasteiger partial charge in [-0.05, 0) is 18.9 Å². The molecule has 0 saturated heterocycles. The molecule has 0 aliphatic carbocycles. The zero-order chi connectivity index (χ0) is 9.61. The van der Waals surface area contributed by atoms with Crippen LogP contribution in [0.2, 0.25) is 5.04 Å². The van der Waals surface area contributed by atoms with E-state index in [1.165, 1.54) is 0 Å². The Kier molecular flexibility index (Phi) is 5.79. The molecule has 0 rings (SSSR count). The lowest BCUT2D eigenvalue weighted by Gasteiger charge is -2.24. The second kappa shape index (κ2) is 5.73. The third-order valence-electron chi connectivity index (χ3n) is 1.48. The molecule has 0 atom stereocenters. The van der Waals surface area contributed by atoms with Gasteiger partial charge in [0.1, 0.15) is 5.91 Å². The van der Waals surface area contributed by atoms with Crippen molar-refractivity contribution in [2.24, 2.45) is 0 Å². The summed E-state index contributed by atoms with van der Waals surface area (Å²) >= 11 is 0. The zero-order valence-electron chi connectivity index (χ0n) is 9.02. The van der Waals surface area contributed by atoms with Gasteiger partial charge in [0.25, 0.3) is 0 Å². The molecule has 0 aromatic carbocycles. The molecule has 0 N–H and O–H groups in total. The quantitative estimate of drug-likeness (QED) is 0.485. The van der Waals surface area contributed by atoms with E-state index in [2.05, 4.69) is 20.8 Å². The number of hydrogen-bond donors (Lipinski definition) is 0. The highest BCUT2D eigenvalue weighted by Crippen LogP contribution is 2.22. The molecular weight excluding hydrogens is 168 g/mol. The topological polar surface area (TPSA) is 18.5 Å². The minimum atomic E-state index is -0.303. The molecule has 3 heteroatoms. The van der Waals surface area contributed by atoms with Gasteiger partial charge in [-0.3, -0.25) is 0 Å². The van der Waals surface area contributed by atoms with Crippen LogP contribution in [-0.4, -0.2) is 28.6 Å². The lowest BCUT2D eigenvalue weighted by atomic mass is 10.3. The second-order valence-corrected chi connectivity index (χ2v) is 7.30. The molecule has 12 heavy (non-hydrogen) atoms. The summed E-state index contributed by atoms with van der Waals surface area (Å²) in [6, 6.07) is 0. The SMILES string of the molecule is CCOC(OCC)[SiH2]C(C)(C)C. The highest BCUT2D eigenvalue weighted by Gasteiger charge is 2.19. The van der Waals surface area contributed by atoms with E-state index in [1.54, 1.807) is 0 Å². The van der Waals surface area contributed by atoms with Crippen LogP contribution in [0.15, 0.2) is 0 Å². The van der Waals surface area contributed by atoms with Crippen LogP contribution in [0.3, 0.4) is 0 Å². The highest BCUT2D eigenvalue weighted by molar-refractivity contribution is 6.40. The van der Waals surface area contributed by atoms with Crippen LogP contribution in [0.25, 0.3) is 0 Å². The van der Waals surface area contributed by atoms with Crippen molar-refractivity contribution in [1.29, 1.82) is 0 Å². The van der Waals surface area contributed by atoms with E-state index in [-0.39, 0.29) is 15.4 Å². The second-order valence-electron chi connectivity index (χ2n) is 4.11. The first-order valence-corrected chi connectivity index (χ1v) is 6.25. The normalized spacial score (nSPS) is 13.5. The fourth-order valence-corrected chi connectivity index (χ4v) is 2.74. The maximum Gasteiger partial charge on any atom is 0.135 e. The van der Waals surface area contributed by atoms with Crippen LogP contribution in [0.1, 0.15) is 34.6 Å². The molecule has 0 unspecified atom stereocenters. The predicted molar refractivity (Wildman–Crippen MR) is 55.3 cm³/mol. The molecule has 0 saturated carbocycles. The summed E-state index contributed by atoms with van der Waals surface area (Å²) in [6.07, 6.45) is 0. The summed E-state index contributed by atoms with van der Waals surface area (Å²) < 4.78 is 11.0. The van der Waals surface area contributed by atoms with Crippen molar-refractivity contribution in [3.05, 3.63) is 0 Å². The van der Waals surface area contributed by atoms with Crippen molar-refractivity contribution >= 4 is 9.52 Å². The van der Waals surface area contributed by atoms with Gasteiger partial charge in [0, 0.05) is 13.2 Å². The Labute approximate surface area is 78.5 Å². The van der Waals surface area contributed by atoms with Crippen LogP contribution >= 0.6 is 0 Å². The van der Waals surface area contributed by atoms with Gasteiger partial charge in [0.05, 0.1) is 9.52 Å². The fraction of sp³-hybridized carbons (Fsp3) is 1.00. The molecule has 0 fully saturated rings. The minimum Gasteiger partial charge on any atom is -0.357 e. The summed E-state index contributed by atoms with van der Waals surface area (Å²) in [5, 5.41) is 0.412. The lowest BCUT2D eigenvalue weighted by Crippen LogP contribution is -2.30. The Hall–Kier alpha value is 0.137. The van der Waals surface area contributed by atoms with Crippen molar-refractivity contribution in [3.8, 4) is 0 Å². The van der Waals surface area contributed by atoms with E-state index in [0.29, 0.717) is 5.04 Å². The Morgan fingerprint density at radius 2 is 1.50 bits per heavy atom. The molecule has 2 nitrogen and oxygen atoms in total. The molecule has 0 aliphatic rings. The van der Waals surface area contributed by atoms with Crippen LogP contribution in [-0.2, 0) is 9.47 Å². The third kappa shape index (κ3) is 6.82. The molecule has 0 bridgehead atoms. The van der Waals surface area contributed by atoms with E-state index < -0.39 is 0 Å². The summed E-state index contributed by atoms with van der Waals surface area (Å²) in [5.41, 5.74) is 0. The molecule has 0 aliphatic heterocycles.